The van der Waals surface area contributed by atoms with Crippen LogP contribution in [-0.2, 0) is 0 Å². The van der Waals surface area contributed by atoms with Gasteiger partial charge < -0.3 is 15.2 Å². The largest absolute Gasteiger partial charge is 0.483 e. The number of nitrogens with zero attached hydrogens (tertiary/aromatic N) is 1. The van der Waals surface area contributed by atoms with Gasteiger partial charge in [0.2, 0.25) is 5.60 Å². The molecule has 0 saturated heterocycles. The fraction of sp³-hybridized carbons (Fsp3) is 0.263. The summed E-state index contributed by atoms with van der Waals surface area (Å²) < 4.78 is 5.82. The highest BCUT2D eigenvalue weighted by Gasteiger charge is 2.57. The van der Waals surface area contributed by atoms with E-state index in [0.29, 0.717) is 16.9 Å². The van der Waals surface area contributed by atoms with Crippen LogP contribution in [0.4, 0.5) is 0 Å². The van der Waals surface area contributed by atoms with E-state index in [9.17, 15) is 15.2 Å². The van der Waals surface area contributed by atoms with Crippen LogP contribution in [-0.4, -0.2) is 22.2 Å². The molecule has 0 spiro atoms. The lowest BCUT2D eigenvalue weighted by atomic mass is 9.75. The summed E-state index contributed by atoms with van der Waals surface area (Å²) in [6.45, 7) is 3.27. The number of nitriles is 1. The van der Waals surface area contributed by atoms with Crippen LogP contribution in [0, 0.1) is 11.3 Å². The van der Waals surface area contributed by atoms with E-state index in [1.165, 1.54) is 0 Å². The Labute approximate surface area is 140 Å². The van der Waals surface area contributed by atoms with Crippen molar-refractivity contribution in [1.82, 2.24) is 5.32 Å². The fourth-order valence-corrected chi connectivity index (χ4v) is 2.92. The zero-order valence-electron chi connectivity index (χ0n) is 13.5. The second-order valence-electron chi connectivity index (χ2n) is 6.30. The fourth-order valence-electron chi connectivity index (χ4n) is 2.92. The van der Waals surface area contributed by atoms with Crippen LogP contribution in [0.15, 0.2) is 54.6 Å². The second kappa shape index (κ2) is 5.66. The number of fused-ring (bicyclic) bond motifs is 1. The molecule has 1 heterocycles. The lowest BCUT2D eigenvalue weighted by Crippen LogP contribution is -2.63. The van der Waals surface area contributed by atoms with E-state index in [1.807, 2.05) is 18.2 Å². The van der Waals surface area contributed by atoms with Crippen molar-refractivity contribution < 1.29 is 14.6 Å². The van der Waals surface area contributed by atoms with Gasteiger partial charge in [0.15, 0.2) is 0 Å². The molecule has 24 heavy (non-hydrogen) atoms. The summed E-state index contributed by atoms with van der Waals surface area (Å²) in [7, 11) is 0. The van der Waals surface area contributed by atoms with Crippen molar-refractivity contribution in [3.63, 3.8) is 0 Å². The molecule has 2 aromatic carbocycles. The minimum absolute atomic E-state index is 0.359. The topological polar surface area (TPSA) is 82.3 Å². The third-order valence-electron chi connectivity index (χ3n) is 4.41. The molecule has 0 bridgehead atoms. The maximum atomic E-state index is 12.6. The number of nitrogens with one attached hydrogen (secondary N) is 1. The quantitative estimate of drug-likeness (QED) is 0.833. The lowest BCUT2D eigenvalue weighted by Gasteiger charge is -2.47. The van der Waals surface area contributed by atoms with E-state index in [1.54, 1.807) is 56.3 Å². The van der Waals surface area contributed by atoms with Gasteiger partial charge in [0, 0.05) is 11.1 Å². The van der Waals surface area contributed by atoms with Crippen LogP contribution in [0.3, 0.4) is 0 Å². The van der Waals surface area contributed by atoms with Crippen LogP contribution < -0.4 is 10.1 Å². The number of para-hydroxylation sites is 1. The van der Waals surface area contributed by atoms with Gasteiger partial charge in [-0.2, -0.15) is 5.26 Å². The Morgan fingerprint density at radius 1 is 1.17 bits per heavy atom. The Kier molecular flexibility index (Phi) is 3.78. The highest BCUT2D eigenvalue weighted by atomic mass is 16.5. The second-order valence-corrected chi connectivity index (χ2v) is 6.30. The molecule has 2 aromatic rings. The molecule has 5 nitrogen and oxygen atoms in total. The molecule has 1 aliphatic rings. The third-order valence-corrected chi connectivity index (χ3v) is 4.41. The molecule has 0 aliphatic carbocycles. The first-order chi connectivity index (χ1) is 11.4. The minimum Gasteiger partial charge on any atom is -0.483 e. The van der Waals surface area contributed by atoms with Crippen LogP contribution in [0.2, 0.25) is 0 Å². The van der Waals surface area contributed by atoms with Crippen molar-refractivity contribution in [2.24, 2.45) is 0 Å². The molecule has 0 saturated carbocycles. The Morgan fingerprint density at radius 3 is 2.46 bits per heavy atom. The lowest BCUT2D eigenvalue weighted by molar-refractivity contribution is -0.112. The minimum atomic E-state index is -1.91. The first-order valence-corrected chi connectivity index (χ1v) is 7.66. The van der Waals surface area contributed by atoms with Crippen molar-refractivity contribution in [1.29, 1.82) is 5.26 Å². The van der Waals surface area contributed by atoms with Gasteiger partial charge in [-0.15, -0.1) is 0 Å². The molecule has 3 rings (SSSR count). The predicted molar refractivity (Wildman–Crippen MR) is 88.4 cm³/mol. The Hall–Kier alpha value is -2.84. The maximum Gasteiger partial charge on any atom is 0.251 e. The zero-order chi connectivity index (χ0) is 17.4. The van der Waals surface area contributed by atoms with Crippen molar-refractivity contribution in [3.05, 3.63) is 65.7 Å². The molecular weight excluding hydrogens is 304 g/mol. The number of carbonyl (C=O) groups is 1. The monoisotopic (exact) mass is 322 g/mol. The van der Waals surface area contributed by atoms with Gasteiger partial charge in [-0.1, -0.05) is 36.4 Å². The molecular formula is C19H18N2O3. The van der Waals surface area contributed by atoms with Gasteiger partial charge in [-0.25, -0.2) is 0 Å². The molecule has 0 fully saturated rings. The summed E-state index contributed by atoms with van der Waals surface area (Å²) in [4.78, 5) is 12.6. The molecule has 2 unspecified atom stereocenters. The van der Waals surface area contributed by atoms with Crippen LogP contribution in [0.25, 0.3) is 0 Å². The molecule has 2 atom stereocenters. The van der Waals surface area contributed by atoms with Crippen LogP contribution in [0.1, 0.15) is 35.8 Å². The molecule has 5 heteroatoms. The highest BCUT2D eigenvalue weighted by molar-refractivity contribution is 5.94. The molecule has 0 aromatic heterocycles. The SMILES string of the molecule is CC1(C)Oc2ccccc2C(NC(=O)c2ccccc2)C1(O)C#N. The number of hydrogen-bond acceptors (Lipinski definition) is 4. The van der Waals surface area contributed by atoms with Crippen molar-refractivity contribution >= 4 is 5.91 Å². The van der Waals surface area contributed by atoms with E-state index in [-0.39, 0.29) is 5.91 Å². The summed E-state index contributed by atoms with van der Waals surface area (Å²) in [5.74, 6) is 0.183. The van der Waals surface area contributed by atoms with Crippen molar-refractivity contribution in [2.75, 3.05) is 0 Å². The van der Waals surface area contributed by atoms with E-state index in [4.69, 9.17) is 4.74 Å². The predicted octanol–water partition coefficient (Wildman–Crippen LogP) is 2.58. The highest BCUT2D eigenvalue weighted by Crippen LogP contribution is 2.46. The summed E-state index contributed by atoms with van der Waals surface area (Å²) in [5.41, 5.74) is -2.07. The third kappa shape index (κ3) is 2.41. The van der Waals surface area contributed by atoms with Gasteiger partial charge in [-0.05, 0) is 32.0 Å². The Bertz CT molecular complexity index is 811. The Morgan fingerprint density at radius 2 is 1.79 bits per heavy atom. The number of aliphatic hydroxyl groups is 1. The zero-order valence-corrected chi connectivity index (χ0v) is 13.5. The molecule has 0 radical (unpaired) electrons. The number of hydrogen-bond donors (Lipinski definition) is 2. The van der Waals surface area contributed by atoms with Gasteiger partial charge >= 0.3 is 0 Å². The first kappa shape index (κ1) is 16.0. The van der Waals surface area contributed by atoms with Crippen molar-refractivity contribution in [3.8, 4) is 11.8 Å². The van der Waals surface area contributed by atoms with Gasteiger partial charge in [0.05, 0.1) is 0 Å². The number of benzene rings is 2. The average molecular weight is 322 g/mol. The van der Waals surface area contributed by atoms with E-state index in [0.717, 1.165) is 0 Å². The van der Waals surface area contributed by atoms with E-state index in [2.05, 4.69) is 5.32 Å². The number of amides is 1. The summed E-state index contributed by atoms with van der Waals surface area (Å²) in [6.07, 6.45) is 0. The maximum absolute atomic E-state index is 12.6. The molecule has 1 amide bonds. The van der Waals surface area contributed by atoms with Crippen LogP contribution in [0.5, 0.6) is 5.75 Å². The standard InChI is InChI=1S/C19H18N2O3/c1-18(2)19(23,12-20)16(14-10-6-7-11-15(14)24-18)21-17(22)13-8-4-3-5-9-13/h3-11,16,23H,1-2H3,(H,21,22). The van der Waals surface area contributed by atoms with Crippen molar-refractivity contribution in [2.45, 2.75) is 31.1 Å². The summed E-state index contributed by atoms with van der Waals surface area (Å²) in [5, 5.41) is 23.4. The van der Waals surface area contributed by atoms with Crippen LogP contribution >= 0.6 is 0 Å². The number of ether oxygens (including phenoxy) is 1. The number of rotatable bonds is 2. The summed E-state index contributed by atoms with van der Waals surface area (Å²) in [6, 6.07) is 16.8. The average Bonchev–Trinajstić information content (AvgIpc) is 2.59. The smallest absolute Gasteiger partial charge is 0.251 e. The molecule has 122 valence electrons. The van der Waals surface area contributed by atoms with E-state index >= 15 is 0 Å². The van der Waals surface area contributed by atoms with Gasteiger partial charge in [0.25, 0.3) is 5.91 Å². The molecule has 1 aliphatic heterocycles. The van der Waals surface area contributed by atoms with Gasteiger partial charge in [0.1, 0.15) is 23.5 Å². The summed E-state index contributed by atoms with van der Waals surface area (Å²) >= 11 is 0. The van der Waals surface area contributed by atoms with Gasteiger partial charge in [-0.3, -0.25) is 4.79 Å². The van der Waals surface area contributed by atoms with E-state index < -0.39 is 17.2 Å². The normalized spacial score (nSPS) is 24.2. The first-order valence-electron chi connectivity index (χ1n) is 7.66. The number of carbonyl (C=O) groups excluding carboxylic acids is 1. The molecule has 2 N–H and O–H groups in total. The Balaban J connectivity index is 2.06.